The molecule has 0 unspecified atom stereocenters. The molecule has 5 N–H and O–H groups in total. The van der Waals surface area contributed by atoms with Crippen LogP contribution in [0.5, 0.6) is 0 Å². The van der Waals surface area contributed by atoms with Crippen molar-refractivity contribution < 1.29 is 29.3 Å². The van der Waals surface area contributed by atoms with Gasteiger partial charge in [0.1, 0.15) is 12.6 Å². The van der Waals surface area contributed by atoms with Crippen molar-refractivity contribution in [2.45, 2.75) is 70.6 Å². The average molecular weight is 679 g/mol. The van der Waals surface area contributed by atoms with Crippen molar-refractivity contribution in [3.05, 3.63) is 143 Å². The van der Waals surface area contributed by atoms with Crippen LogP contribution in [0.15, 0.2) is 115 Å². The molecule has 1 aliphatic carbocycles. The second-order valence-corrected chi connectivity index (χ2v) is 13.9. The summed E-state index contributed by atoms with van der Waals surface area (Å²) in [6, 6.07) is 33.5. The lowest BCUT2D eigenvalue weighted by molar-refractivity contribution is -0.147. The van der Waals surface area contributed by atoms with Gasteiger partial charge in [-0.1, -0.05) is 136 Å². The highest BCUT2D eigenvalue weighted by Gasteiger charge is 2.43. The average Bonchev–Trinajstić information content (AvgIpc) is 3.41. The molecule has 5 rings (SSSR count). The van der Waals surface area contributed by atoms with Crippen LogP contribution in [0.3, 0.4) is 0 Å². The highest BCUT2D eigenvalue weighted by molar-refractivity contribution is 5.87. The van der Waals surface area contributed by atoms with Crippen molar-refractivity contribution in [1.82, 2.24) is 21.1 Å². The number of rotatable bonds is 13. The van der Waals surface area contributed by atoms with Gasteiger partial charge in [-0.3, -0.25) is 15.0 Å². The first-order valence-corrected chi connectivity index (χ1v) is 16.8. The molecular weight excluding hydrogens is 632 g/mol. The van der Waals surface area contributed by atoms with Gasteiger partial charge in [-0.15, -0.1) is 0 Å². The highest BCUT2D eigenvalue weighted by Crippen LogP contribution is 2.32. The van der Waals surface area contributed by atoms with Crippen LogP contribution in [0.25, 0.3) is 0 Å². The Hall–Kier alpha value is -5.03. The number of aliphatic hydroxyl groups excluding tert-OH is 1. The van der Waals surface area contributed by atoms with E-state index in [2.05, 4.69) is 16.1 Å². The van der Waals surface area contributed by atoms with Crippen molar-refractivity contribution in [2.75, 3.05) is 6.54 Å². The summed E-state index contributed by atoms with van der Waals surface area (Å²) in [4.78, 5) is 41.1. The first-order chi connectivity index (χ1) is 23.9. The molecule has 0 heterocycles. The first-order valence-electron chi connectivity index (χ1n) is 16.8. The number of hydrogen-bond donors (Lipinski definition) is 5. The van der Waals surface area contributed by atoms with E-state index in [-0.39, 0.29) is 26.1 Å². The minimum atomic E-state index is -2.06. The van der Waals surface area contributed by atoms with Gasteiger partial charge in [-0.05, 0) is 33.2 Å². The number of amides is 3. The van der Waals surface area contributed by atoms with Crippen molar-refractivity contribution in [3.8, 4) is 0 Å². The number of hydrogen-bond acceptors (Lipinski definition) is 7. The Morgan fingerprint density at radius 2 is 1.38 bits per heavy atom. The van der Waals surface area contributed by atoms with Crippen molar-refractivity contribution in [2.24, 2.45) is 5.41 Å². The number of nitrogens with zero attached hydrogens (tertiary/aromatic N) is 1. The van der Waals surface area contributed by atoms with E-state index in [0.29, 0.717) is 12.0 Å². The largest absolute Gasteiger partial charge is 0.445 e. The number of carbonyl (C=O) groups is 3. The third-order valence-electron chi connectivity index (χ3n) is 8.79. The van der Waals surface area contributed by atoms with Crippen LogP contribution in [0.1, 0.15) is 54.6 Å². The second kappa shape index (κ2) is 16.1. The third-order valence-corrected chi connectivity index (χ3v) is 8.79. The summed E-state index contributed by atoms with van der Waals surface area (Å²) in [7, 11) is 0. The Morgan fingerprint density at radius 3 is 2.00 bits per heavy atom. The Morgan fingerprint density at radius 1 is 0.820 bits per heavy atom. The smallest absolute Gasteiger partial charge is 0.408 e. The van der Waals surface area contributed by atoms with E-state index in [0.717, 1.165) is 22.3 Å². The molecule has 4 atom stereocenters. The topological polar surface area (TPSA) is 140 Å². The van der Waals surface area contributed by atoms with E-state index in [1.807, 2.05) is 136 Å². The highest BCUT2D eigenvalue weighted by atomic mass is 16.5. The van der Waals surface area contributed by atoms with Gasteiger partial charge in [0.05, 0.1) is 18.7 Å². The standard InChI is InChI=1S/C40H46N4O6/c1-39(2,3)35(42-38(48)50-26-30-19-11-6-12-20-30)36(46)43-44(25-29-17-9-5-10-18-29)27-40(49,24-28-15-7-4-8-16-28)37(47)41-34-32-22-14-13-21-31(32)23-33(34)45/h4-22,33-35,45,49H,23-27H2,1-3H3,(H,41,47)(H,42,48)(H,43,46)/t33-,34+,35-,40+/m1/s1. The van der Waals surface area contributed by atoms with Crippen LogP contribution in [0.2, 0.25) is 0 Å². The third kappa shape index (κ3) is 9.56. The van der Waals surface area contributed by atoms with E-state index in [9.17, 15) is 24.6 Å². The molecule has 10 heteroatoms. The van der Waals surface area contributed by atoms with Crippen LogP contribution in [-0.4, -0.2) is 57.4 Å². The van der Waals surface area contributed by atoms with E-state index in [4.69, 9.17) is 4.74 Å². The number of ether oxygens (including phenoxy) is 1. The maximum absolute atomic E-state index is 14.2. The fraction of sp³-hybridized carbons (Fsp3) is 0.325. The number of benzene rings is 4. The van der Waals surface area contributed by atoms with Gasteiger partial charge in [-0.25, -0.2) is 9.80 Å². The molecule has 4 aromatic rings. The summed E-state index contributed by atoms with van der Waals surface area (Å²) in [5.41, 5.74) is 4.16. The van der Waals surface area contributed by atoms with Gasteiger partial charge < -0.3 is 25.6 Å². The summed E-state index contributed by atoms with van der Waals surface area (Å²) in [5.74, 6) is -1.24. The molecule has 50 heavy (non-hydrogen) atoms. The molecular formula is C40H46N4O6. The molecule has 0 fully saturated rings. The summed E-state index contributed by atoms with van der Waals surface area (Å²) in [5, 5.41) is 30.4. The zero-order chi connectivity index (χ0) is 35.7. The van der Waals surface area contributed by atoms with Crippen molar-refractivity contribution in [3.63, 3.8) is 0 Å². The number of hydrazine groups is 1. The Labute approximate surface area is 293 Å². The molecule has 0 saturated carbocycles. The fourth-order valence-corrected chi connectivity index (χ4v) is 6.20. The Balaban J connectivity index is 1.40. The van der Waals surface area contributed by atoms with E-state index < -0.39 is 47.1 Å². The van der Waals surface area contributed by atoms with Crippen LogP contribution in [0.4, 0.5) is 4.79 Å². The quantitative estimate of drug-likeness (QED) is 0.130. The molecule has 262 valence electrons. The zero-order valence-electron chi connectivity index (χ0n) is 28.7. The molecule has 0 radical (unpaired) electrons. The number of fused-ring (bicyclic) bond motifs is 1. The first kappa shape index (κ1) is 36.3. The SMILES string of the molecule is CC(C)(C)[C@H](NC(=O)OCc1ccccc1)C(=O)NN(Cc1ccccc1)C[C@@](O)(Cc1ccccc1)C(=O)N[C@H]1c2ccccc2C[C@H]1O. The van der Waals surface area contributed by atoms with E-state index in [1.54, 1.807) is 0 Å². The predicted octanol–water partition coefficient (Wildman–Crippen LogP) is 4.61. The van der Waals surface area contributed by atoms with Crippen LogP contribution >= 0.6 is 0 Å². The minimum Gasteiger partial charge on any atom is -0.445 e. The number of carbonyl (C=O) groups excluding carboxylic acids is 3. The van der Waals surface area contributed by atoms with Crippen LogP contribution < -0.4 is 16.1 Å². The fourth-order valence-electron chi connectivity index (χ4n) is 6.20. The van der Waals surface area contributed by atoms with Crippen LogP contribution in [0, 0.1) is 5.41 Å². The molecule has 3 amide bonds. The Bertz CT molecular complexity index is 1730. The summed E-state index contributed by atoms with van der Waals surface area (Å²) >= 11 is 0. The normalized spacial score (nSPS) is 17.2. The molecule has 4 aromatic carbocycles. The minimum absolute atomic E-state index is 0.0348. The van der Waals surface area contributed by atoms with Crippen molar-refractivity contribution >= 4 is 17.9 Å². The molecule has 0 aromatic heterocycles. The monoisotopic (exact) mass is 678 g/mol. The number of aliphatic hydroxyl groups is 2. The lowest BCUT2D eigenvalue weighted by Crippen LogP contribution is -2.62. The van der Waals surface area contributed by atoms with Gasteiger partial charge in [0.2, 0.25) is 0 Å². The van der Waals surface area contributed by atoms with Gasteiger partial charge in [0.25, 0.3) is 11.8 Å². The summed E-state index contributed by atoms with van der Waals surface area (Å²) < 4.78 is 5.42. The molecule has 0 spiro atoms. The molecule has 1 aliphatic rings. The molecule has 0 bridgehead atoms. The summed E-state index contributed by atoms with van der Waals surface area (Å²) in [6.45, 7) is 5.32. The lowest BCUT2D eigenvalue weighted by atomic mass is 9.86. The zero-order valence-corrected chi connectivity index (χ0v) is 28.7. The van der Waals surface area contributed by atoms with Crippen LogP contribution in [-0.2, 0) is 40.3 Å². The number of nitrogens with one attached hydrogen (secondary N) is 3. The number of alkyl carbamates (subject to hydrolysis) is 1. The molecule has 10 nitrogen and oxygen atoms in total. The summed E-state index contributed by atoms with van der Waals surface area (Å²) in [6.07, 6.45) is -1.31. The van der Waals surface area contributed by atoms with Gasteiger partial charge in [-0.2, -0.15) is 0 Å². The maximum Gasteiger partial charge on any atom is 0.408 e. The van der Waals surface area contributed by atoms with E-state index >= 15 is 0 Å². The lowest BCUT2D eigenvalue weighted by Gasteiger charge is -2.37. The Kier molecular flexibility index (Phi) is 11.7. The van der Waals surface area contributed by atoms with E-state index in [1.165, 1.54) is 5.01 Å². The second-order valence-electron chi connectivity index (χ2n) is 13.9. The van der Waals surface area contributed by atoms with Gasteiger partial charge in [0.15, 0.2) is 5.60 Å². The molecule has 0 aliphatic heterocycles. The maximum atomic E-state index is 14.2. The predicted molar refractivity (Wildman–Crippen MR) is 190 cm³/mol. The van der Waals surface area contributed by atoms with Gasteiger partial charge in [0, 0.05) is 19.4 Å². The van der Waals surface area contributed by atoms with Crippen molar-refractivity contribution in [1.29, 1.82) is 0 Å². The van der Waals surface area contributed by atoms with Gasteiger partial charge >= 0.3 is 6.09 Å². The molecule has 0 saturated heterocycles.